The quantitative estimate of drug-likeness (QED) is 0.377. The molecule has 6 heteroatoms. The van der Waals surface area contributed by atoms with E-state index < -0.39 is 0 Å². The van der Waals surface area contributed by atoms with Crippen LogP contribution in [-0.4, -0.2) is 17.1 Å². The molecule has 4 nitrogen and oxygen atoms in total. The van der Waals surface area contributed by atoms with Crippen LogP contribution >= 0.6 is 23.1 Å². The maximum atomic E-state index is 7.55. The number of thiophene rings is 1. The van der Waals surface area contributed by atoms with Crippen molar-refractivity contribution in [3.63, 3.8) is 0 Å². The molecule has 0 aliphatic carbocycles. The molecule has 1 aromatic carbocycles. The summed E-state index contributed by atoms with van der Waals surface area (Å²) >= 11 is 3.19. The van der Waals surface area contributed by atoms with Gasteiger partial charge in [-0.25, -0.2) is 0 Å². The Morgan fingerprint density at radius 2 is 2.14 bits per heavy atom. The number of nitrogen functional groups attached to an aromatic ring is 1. The fourth-order valence-corrected chi connectivity index (χ4v) is 3.86. The molecule has 0 bridgehead atoms. The standard InChI is InChI=1S/C16H16N4S2/c1-21-16-13(8-14(22-16)15(17)18)19-9-11-7-6-10-4-2-3-5-12(10)20-11/h2-8,19H,9H2,1H3,(H3,17,18). The number of nitrogens with zero attached hydrogens (tertiary/aromatic N) is 1. The van der Waals surface area contributed by atoms with Gasteiger partial charge in [0.1, 0.15) is 5.84 Å². The van der Waals surface area contributed by atoms with Crippen LogP contribution < -0.4 is 11.1 Å². The Labute approximate surface area is 137 Å². The first kappa shape index (κ1) is 14.9. The van der Waals surface area contributed by atoms with Gasteiger partial charge < -0.3 is 11.1 Å². The van der Waals surface area contributed by atoms with Gasteiger partial charge in [-0.3, -0.25) is 10.4 Å². The van der Waals surface area contributed by atoms with Crippen LogP contribution in [0, 0.1) is 5.41 Å². The summed E-state index contributed by atoms with van der Waals surface area (Å²) < 4.78 is 1.13. The molecular weight excluding hydrogens is 312 g/mol. The Balaban J connectivity index is 1.80. The zero-order chi connectivity index (χ0) is 15.5. The van der Waals surface area contributed by atoms with Crippen LogP contribution in [0.3, 0.4) is 0 Å². The number of hydrogen-bond donors (Lipinski definition) is 3. The molecule has 22 heavy (non-hydrogen) atoms. The summed E-state index contributed by atoms with van der Waals surface area (Å²) in [6, 6.07) is 14.1. The van der Waals surface area contributed by atoms with E-state index in [9.17, 15) is 0 Å². The van der Waals surface area contributed by atoms with E-state index in [1.807, 2.05) is 36.6 Å². The number of aromatic nitrogens is 1. The molecule has 0 aliphatic rings. The van der Waals surface area contributed by atoms with Gasteiger partial charge in [0, 0.05) is 5.39 Å². The average molecular weight is 328 g/mol. The van der Waals surface area contributed by atoms with Crippen LogP contribution in [0.5, 0.6) is 0 Å². The van der Waals surface area contributed by atoms with Crippen molar-refractivity contribution in [2.24, 2.45) is 5.73 Å². The summed E-state index contributed by atoms with van der Waals surface area (Å²) in [7, 11) is 0. The summed E-state index contributed by atoms with van der Waals surface area (Å²) in [5.41, 5.74) is 8.57. The smallest absolute Gasteiger partial charge is 0.133 e. The van der Waals surface area contributed by atoms with Gasteiger partial charge in [-0.2, -0.15) is 0 Å². The number of pyridine rings is 1. The van der Waals surface area contributed by atoms with E-state index in [2.05, 4.69) is 22.4 Å². The van der Waals surface area contributed by atoms with Crippen molar-refractivity contribution in [3.8, 4) is 0 Å². The molecule has 0 saturated carbocycles. The SMILES string of the molecule is CSc1sc(C(=N)N)cc1NCc1ccc2ccccc2n1. The fourth-order valence-electron chi connectivity index (χ4n) is 2.17. The van der Waals surface area contributed by atoms with Gasteiger partial charge in [0.15, 0.2) is 0 Å². The minimum absolute atomic E-state index is 0.109. The molecule has 0 unspecified atom stereocenters. The molecule has 0 aliphatic heterocycles. The van der Waals surface area contributed by atoms with Crippen LogP contribution in [0.15, 0.2) is 46.7 Å². The second-order valence-electron chi connectivity index (χ2n) is 4.78. The number of thioether (sulfide) groups is 1. The zero-order valence-electron chi connectivity index (χ0n) is 12.1. The molecule has 2 heterocycles. The number of rotatable bonds is 5. The normalized spacial score (nSPS) is 10.8. The number of benzene rings is 1. The van der Waals surface area contributed by atoms with E-state index >= 15 is 0 Å². The Morgan fingerprint density at radius 1 is 1.32 bits per heavy atom. The van der Waals surface area contributed by atoms with Crippen molar-refractivity contribution in [2.75, 3.05) is 11.6 Å². The molecular formula is C16H16N4S2. The number of para-hydroxylation sites is 1. The summed E-state index contributed by atoms with van der Waals surface area (Å²) in [4.78, 5) is 5.44. The van der Waals surface area contributed by atoms with Gasteiger partial charge >= 0.3 is 0 Å². The third-order valence-electron chi connectivity index (χ3n) is 3.26. The summed E-state index contributed by atoms with van der Waals surface area (Å²) in [5, 5.41) is 12.1. The summed E-state index contributed by atoms with van der Waals surface area (Å²) in [6.45, 7) is 0.645. The second kappa shape index (κ2) is 6.37. The van der Waals surface area contributed by atoms with E-state index in [-0.39, 0.29) is 5.84 Å². The monoisotopic (exact) mass is 328 g/mol. The molecule has 0 saturated heterocycles. The predicted molar refractivity (Wildman–Crippen MR) is 96.2 cm³/mol. The molecule has 4 N–H and O–H groups in total. The van der Waals surface area contributed by atoms with Gasteiger partial charge in [0.05, 0.1) is 32.5 Å². The van der Waals surface area contributed by atoms with Crippen LogP contribution in [0.1, 0.15) is 10.6 Å². The van der Waals surface area contributed by atoms with Gasteiger partial charge in [0.25, 0.3) is 0 Å². The fraction of sp³-hybridized carbons (Fsp3) is 0.125. The molecule has 112 valence electrons. The lowest BCUT2D eigenvalue weighted by Crippen LogP contribution is -2.08. The lowest BCUT2D eigenvalue weighted by Gasteiger charge is -2.06. The van der Waals surface area contributed by atoms with Gasteiger partial charge in [0.2, 0.25) is 0 Å². The molecule has 0 amide bonds. The second-order valence-corrected chi connectivity index (χ2v) is 6.91. The van der Waals surface area contributed by atoms with Crippen molar-refractivity contribution in [1.29, 1.82) is 5.41 Å². The topological polar surface area (TPSA) is 74.8 Å². The van der Waals surface area contributed by atoms with E-state index in [4.69, 9.17) is 11.1 Å². The van der Waals surface area contributed by atoms with Crippen LogP contribution in [0.2, 0.25) is 0 Å². The number of nitrogens with one attached hydrogen (secondary N) is 2. The van der Waals surface area contributed by atoms with Crippen molar-refractivity contribution >= 4 is 45.5 Å². The van der Waals surface area contributed by atoms with Crippen molar-refractivity contribution in [2.45, 2.75) is 10.8 Å². The van der Waals surface area contributed by atoms with Crippen LogP contribution in [0.25, 0.3) is 10.9 Å². The molecule has 0 fully saturated rings. The zero-order valence-corrected chi connectivity index (χ0v) is 13.7. The first-order valence-corrected chi connectivity index (χ1v) is 8.82. The van der Waals surface area contributed by atoms with Crippen LogP contribution in [-0.2, 0) is 6.54 Å². The molecule has 0 radical (unpaired) electrons. The van der Waals surface area contributed by atoms with E-state index in [0.717, 1.165) is 31.4 Å². The molecule has 0 atom stereocenters. The number of hydrogen-bond acceptors (Lipinski definition) is 5. The highest BCUT2D eigenvalue weighted by Crippen LogP contribution is 2.34. The van der Waals surface area contributed by atoms with E-state index in [0.29, 0.717) is 6.54 Å². The minimum Gasteiger partial charge on any atom is -0.383 e. The maximum Gasteiger partial charge on any atom is 0.133 e. The van der Waals surface area contributed by atoms with Crippen molar-refractivity contribution in [3.05, 3.63) is 53.0 Å². The number of amidine groups is 1. The third kappa shape index (κ3) is 3.08. The summed E-state index contributed by atoms with van der Waals surface area (Å²) in [6.07, 6.45) is 2.02. The number of anilines is 1. The third-order valence-corrected chi connectivity index (χ3v) is 5.57. The highest BCUT2D eigenvalue weighted by molar-refractivity contribution is 8.00. The molecule has 3 rings (SSSR count). The minimum atomic E-state index is 0.109. The lowest BCUT2D eigenvalue weighted by atomic mass is 10.2. The van der Waals surface area contributed by atoms with Crippen molar-refractivity contribution in [1.82, 2.24) is 4.98 Å². The number of fused-ring (bicyclic) bond motifs is 1. The Bertz CT molecular complexity index is 826. The molecule has 2 aromatic heterocycles. The highest BCUT2D eigenvalue weighted by atomic mass is 32.2. The van der Waals surface area contributed by atoms with Gasteiger partial charge in [-0.05, 0) is 24.5 Å². The lowest BCUT2D eigenvalue weighted by molar-refractivity contribution is 1.06. The first-order valence-electron chi connectivity index (χ1n) is 6.78. The van der Waals surface area contributed by atoms with Crippen LogP contribution in [0.4, 0.5) is 5.69 Å². The Kier molecular flexibility index (Phi) is 4.31. The maximum absolute atomic E-state index is 7.55. The van der Waals surface area contributed by atoms with E-state index in [1.165, 1.54) is 11.3 Å². The largest absolute Gasteiger partial charge is 0.383 e. The first-order chi connectivity index (χ1) is 10.7. The Hall–Kier alpha value is -2.05. The summed E-state index contributed by atoms with van der Waals surface area (Å²) in [5.74, 6) is 0.109. The van der Waals surface area contributed by atoms with Gasteiger partial charge in [-0.1, -0.05) is 24.3 Å². The molecule has 0 spiro atoms. The number of nitrogens with two attached hydrogens (primary N) is 1. The predicted octanol–water partition coefficient (Wildman–Crippen LogP) is 3.91. The van der Waals surface area contributed by atoms with E-state index in [1.54, 1.807) is 11.8 Å². The Morgan fingerprint density at radius 3 is 2.91 bits per heavy atom. The average Bonchev–Trinajstić information content (AvgIpc) is 2.96. The van der Waals surface area contributed by atoms with Gasteiger partial charge in [-0.15, -0.1) is 23.1 Å². The van der Waals surface area contributed by atoms with Crippen molar-refractivity contribution < 1.29 is 0 Å². The highest BCUT2D eigenvalue weighted by Gasteiger charge is 2.10. The molecule has 3 aromatic rings.